The molecule has 2 aliphatic heterocycles. The summed E-state index contributed by atoms with van der Waals surface area (Å²) in [5.41, 5.74) is 0. The van der Waals surface area contributed by atoms with Crippen LogP contribution >= 0.6 is 54.1 Å². The van der Waals surface area contributed by atoms with Crippen molar-refractivity contribution < 1.29 is 27.8 Å². The van der Waals surface area contributed by atoms with E-state index < -0.39 is 20.4 Å². The van der Waals surface area contributed by atoms with E-state index in [1.807, 2.05) is 18.2 Å². The molecule has 2 aliphatic rings. The van der Waals surface area contributed by atoms with Gasteiger partial charge in [-0.15, -0.1) is 4.52 Å². The zero-order valence-corrected chi connectivity index (χ0v) is 20.3. The number of halogens is 3. The van der Waals surface area contributed by atoms with E-state index in [1.54, 1.807) is 12.1 Å². The van der Waals surface area contributed by atoms with Gasteiger partial charge in [0.1, 0.15) is 5.75 Å². The molecule has 0 spiro atoms. The smallest absolute Gasteiger partial charge is 0.400 e. The topological polar surface area (TPSA) is 92.5 Å². The molecule has 3 rings (SSSR count). The molecule has 164 valence electrons. The molecule has 15 heteroatoms. The molecular formula is C14H21Cl3N3O6P3. The summed E-state index contributed by atoms with van der Waals surface area (Å²) < 4.78 is 47.0. The van der Waals surface area contributed by atoms with Gasteiger partial charge < -0.3 is 23.3 Å². The number of nitrogens with zero attached hydrogens (tertiary/aromatic N) is 3. The van der Waals surface area contributed by atoms with Crippen LogP contribution in [0.2, 0.25) is 0 Å². The van der Waals surface area contributed by atoms with Crippen molar-refractivity contribution in [2.24, 2.45) is 13.5 Å². The molecule has 2 bridgehead atoms. The third kappa shape index (κ3) is 8.10. The quantitative estimate of drug-likeness (QED) is 0.397. The lowest BCUT2D eigenvalue weighted by Gasteiger charge is -2.28. The van der Waals surface area contributed by atoms with Crippen molar-refractivity contribution >= 4 is 54.1 Å². The molecule has 29 heavy (non-hydrogen) atoms. The van der Waals surface area contributed by atoms with E-state index in [9.17, 15) is 0 Å². The summed E-state index contributed by atoms with van der Waals surface area (Å²) in [5, 5.41) is 0. The lowest BCUT2D eigenvalue weighted by molar-refractivity contribution is 0.00518. The van der Waals surface area contributed by atoms with Crippen LogP contribution in [0.5, 0.6) is 5.75 Å². The number of ether oxygens (including phenoxy) is 3. The number of para-hydroxylation sites is 1. The van der Waals surface area contributed by atoms with Gasteiger partial charge in [0.2, 0.25) is 0 Å². The lowest BCUT2D eigenvalue weighted by atomic mass is 10.3. The van der Waals surface area contributed by atoms with Crippen LogP contribution in [0.3, 0.4) is 0 Å². The maximum absolute atomic E-state index is 6.58. The summed E-state index contributed by atoms with van der Waals surface area (Å²) in [4.78, 5) is 0. The molecule has 0 N–H and O–H groups in total. The summed E-state index contributed by atoms with van der Waals surface area (Å²) in [6.45, 7) is -0.714. The highest BCUT2D eigenvalue weighted by Gasteiger charge is 2.39. The van der Waals surface area contributed by atoms with Crippen molar-refractivity contribution in [2.45, 2.75) is 0 Å². The zero-order chi connectivity index (χ0) is 20.6. The number of hydrogen-bond acceptors (Lipinski definition) is 9. The molecule has 0 saturated carbocycles. The molecular weight excluding hydrogens is 505 g/mol. The Balaban J connectivity index is 1.92. The van der Waals surface area contributed by atoms with Gasteiger partial charge in [-0.3, -0.25) is 4.52 Å². The molecule has 2 unspecified atom stereocenters. The first-order valence-electron chi connectivity index (χ1n) is 8.68. The lowest BCUT2D eigenvalue weighted by Crippen LogP contribution is -2.13. The summed E-state index contributed by atoms with van der Waals surface area (Å²) in [6, 6.07) is 8.96. The summed E-state index contributed by atoms with van der Waals surface area (Å²) in [6.07, 6.45) is 0. The molecule has 2 heterocycles. The van der Waals surface area contributed by atoms with Gasteiger partial charge in [-0.05, 0) is 45.9 Å². The monoisotopic (exact) mass is 525 g/mol. The molecule has 0 amide bonds. The maximum atomic E-state index is 6.58. The van der Waals surface area contributed by atoms with Gasteiger partial charge >= 0.3 is 14.4 Å². The minimum absolute atomic E-state index is 0.140. The molecule has 1 aromatic rings. The van der Waals surface area contributed by atoms with Crippen LogP contribution in [0.1, 0.15) is 0 Å². The first-order valence-corrected chi connectivity index (χ1v) is 16.2. The van der Waals surface area contributed by atoms with Crippen LogP contribution in [0.4, 0.5) is 0 Å². The number of benzene rings is 1. The van der Waals surface area contributed by atoms with Crippen molar-refractivity contribution in [1.29, 1.82) is 0 Å². The largest absolute Gasteiger partial charge is 0.422 e. The molecule has 9 nitrogen and oxygen atoms in total. The fourth-order valence-electron chi connectivity index (χ4n) is 2.22. The zero-order valence-electron chi connectivity index (χ0n) is 15.3. The number of fused-ring (bicyclic) bond motifs is 1. The van der Waals surface area contributed by atoms with E-state index in [-0.39, 0.29) is 26.4 Å². The number of hydrogen-bond donors (Lipinski definition) is 0. The van der Waals surface area contributed by atoms with Crippen LogP contribution in [0.15, 0.2) is 43.9 Å². The summed E-state index contributed by atoms with van der Waals surface area (Å²) in [7, 11) is -3.36. The average molecular weight is 527 g/mol. The van der Waals surface area contributed by atoms with Crippen LogP contribution < -0.4 is 4.52 Å². The normalized spacial score (nSPS) is 31.6. The Hall–Kier alpha value is 0.380. The highest BCUT2D eigenvalue weighted by molar-refractivity contribution is 8.14. The average Bonchev–Trinajstić information content (AvgIpc) is 2.64. The standard InChI is InChI=1S/C14H21Cl3N3O6P3/c15-27(16)18-28(17)20-29(19-27,26-14-4-2-1-3-5-14)25-13-11-23-9-7-21-6-8-22-10-12-24-28/h1-5H,6-13H2. The summed E-state index contributed by atoms with van der Waals surface area (Å²) >= 11 is 19.3. The van der Waals surface area contributed by atoms with E-state index in [2.05, 4.69) is 13.5 Å². The van der Waals surface area contributed by atoms with E-state index in [0.717, 1.165) is 0 Å². The molecule has 2 atom stereocenters. The fourth-order valence-corrected chi connectivity index (χ4v) is 14.7. The van der Waals surface area contributed by atoms with E-state index in [0.29, 0.717) is 32.2 Å². The van der Waals surface area contributed by atoms with Gasteiger partial charge in [0.15, 0.2) is 0 Å². The van der Waals surface area contributed by atoms with Gasteiger partial charge in [0, 0.05) is 0 Å². The van der Waals surface area contributed by atoms with Crippen LogP contribution in [-0.4, -0.2) is 52.9 Å². The maximum Gasteiger partial charge on any atom is 0.400 e. The van der Waals surface area contributed by atoms with Crippen molar-refractivity contribution in [3.63, 3.8) is 0 Å². The van der Waals surface area contributed by atoms with Crippen LogP contribution in [0, 0.1) is 0 Å². The minimum atomic E-state index is -3.36. The van der Waals surface area contributed by atoms with E-state index in [1.165, 1.54) is 0 Å². The van der Waals surface area contributed by atoms with Crippen molar-refractivity contribution in [3.05, 3.63) is 30.3 Å². The second-order valence-corrected chi connectivity index (χ2v) is 15.9. The Labute approximate surface area is 184 Å². The third-order valence-corrected chi connectivity index (χ3v) is 14.1. The third-order valence-electron chi connectivity index (χ3n) is 3.34. The van der Waals surface area contributed by atoms with Crippen LogP contribution in [-0.2, 0) is 23.3 Å². The van der Waals surface area contributed by atoms with Gasteiger partial charge in [0.05, 0.1) is 52.9 Å². The number of rotatable bonds is 2. The Kier molecular flexibility index (Phi) is 9.37. The van der Waals surface area contributed by atoms with Gasteiger partial charge in [-0.2, -0.15) is 9.03 Å². The van der Waals surface area contributed by atoms with Gasteiger partial charge in [-0.1, -0.05) is 18.2 Å². The second kappa shape index (κ2) is 11.3. The molecule has 0 radical (unpaired) electrons. The Morgan fingerprint density at radius 1 is 0.690 bits per heavy atom. The first-order chi connectivity index (χ1) is 13.9. The van der Waals surface area contributed by atoms with Crippen LogP contribution in [0.25, 0.3) is 0 Å². The highest BCUT2D eigenvalue weighted by Crippen LogP contribution is 2.84. The first kappa shape index (κ1) is 24.0. The molecule has 0 aliphatic carbocycles. The van der Waals surface area contributed by atoms with Gasteiger partial charge in [0.25, 0.3) is 5.91 Å². The Morgan fingerprint density at radius 2 is 1.24 bits per heavy atom. The van der Waals surface area contributed by atoms with E-state index >= 15 is 0 Å². The highest BCUT2D eigenvalue weighted by atomic mass is 35.9. The van der Waals surface area contributed by atoms with Crippen molar-refractivity contribution in [3.8, 4) is 5.75 Å². The van der Waals surface area contributed by atoms with E-state index in [4.69, 9.17) is 61.5 Å². The Morgan fingerprint density at radius 3 is 1.86 bits per heavy atom. The molecule has 1 aromatic carbocycles. The minimum Gasteiger partial charge on any atom is -0.422 e. The molecule has 0 aromatic heterocycles. The molecule has 0 fully saturated rings. The Bertz CT molecular complexity index is 838. The van der Waals surface area contributed by atoms with Crippen molar-refractivity contribution in [1.82, 2.24) is 0 Å². The second-order valence-electron chi connectivity index (χ2n) is 5.60. The predicted octanol–water partition coefficient (Wildman–Crippen LogP) is 6.73. The van der Waals surface area contributed by atoms with Crippen molar-refractivity contribution in [2.75, 3.05) is 52.9 Å². The SMILES string of the molecule is ClP1(Cl)=NP2(Oc3ccccc3)=NP(Cl)(=N1)OCCOCCOCCOCCO2. The molecule has 0 saturated heterocycles. The van der Waals surface area contributed by atoms with Gasteiger partial charge in [-0.25, -0.2) is 0 Å². The predicted molar refractivity (Wildman–Crippen MR) is 117 cm³/mol. The fraction of sp³-hybridized carbons (Fsp3) is 0.571. The summed E-state index contributed by atoms with van der Waals surface area (Å²) in [5.74, 6) is -2.75.